The van der Waals surface area contributed by atoms with Gasteiger partial charge in [0, 0.05) is 5.92 Å². The zero-order chi connectivity index (χ0) is 9.35. The van der Waals surface area contributed by atoms with Crippen LogP contribution in [-0.2, 0) is 0 Å². The van der Waals surface area contributed by atoms with Gasteiger partial charge in [0.1, 0.15) is 0 Å². The molecule has 0 aromatic heterocycles. The van der Waals surface area contributed by atoms with Crippen molar-refractivity contribution < 1.29 is 5.11 Å². The molecule has 1 saturated carbocycles. The summed E-state index contributed by atoms with van der Waals surface area (Å²) in [6.45, 7) is 10.4. The number of hydrogen-bond donors (Lipinski definition) is 1. The molecule has 1 fully saturated rings. The summed E-state index contributed by atoms with van der Waals surface area (Å²) in [5, 5.41) is 9.81. The molecule has 1 nitrogen and oxygen atoms in total. The molecule has 0 aliphatic heterocycles. The fourth-order valence-corrected chi connectivity index (χ4v) is 2.12. The Morgan fingerprint density at radius 2 is 2.08 bits per heavy atom. The van der Waals surface area contributed by atoms with Crippen molar-refractivity contribution in [2.75, 3.05) is 0 Å². The lowest BCUT2D eigenvalue weighted by Crippen LogP contribution is -2.34. The second kappa shape index (κ2) is 3.21. The van der Waals surface area contributed by atoms with Gasteiger partial charge < -0.3 is 5.11 Å². The van der Waals surface area contributed by atoms with Gasteiger partial charge in [-0.1, -0.05) is 26.0 Å². The van der Waals surface area contributed by atoms with E-state index in [0.717, 1.165) is 18.4 Å². The molecule has 70 valence electrons. The van der Waals surface area contributed by atoms with Gasteiger partial charge in [0.05, 0.1) is 6.10 Å². The van der Waals surface area contributed by atoms with Crippen LogP contribution in [0.25, 0.3) is 0 Å². The summed E-state index contributed by atoms with van der Waals surface area (Å²) < 4.78 is 0. The minimum Gasteiger partial charge on any atom is -0.392 e. The largest absolute Gasteiger partial charge is 0.392 e. The molecule has 0 spiro atoms. The fraction of sp³-hybridized carbons (Fsp3) is 0.818. The molecular formula is C11H20O. The molecule has 0 aromatic carbocycles. The Morgan fingerprint density at radius 3 is 2.50 bits per heavy atom. The Bertz CT molecular complexity index is 181. The van der Waals surface area contributed by atoms with Crippen molar-refractivity contribution >= 4 is 0 Å². The van der Waals surface area contributed by atoms with Gasteiger partial charge in [-0.2, -0.15) is 0 Å². The van der Waals surface area contributed by atoms with Crippen molar-refractivity contribution in [2.45, 2.75) is 46.1 Å². The lowest BCUT2D eigenvalue weighted by Gasteiger charge is -2.38. The molecule has 1 rings (SSSR count). The lowest BCUT2D eigenvalue weighted by atomic mass is 9.70. The molecule has 0 radical (unpaired) electrons. The van der Waals surface area contributed by atoms with E-state index in [0.29, 0.717) is 11.3 Å². The van der Waals surface area contributed by atoms with Crippen molar-refractivity contribution in [1.29, 1.82) is 0 Å². The molecule has 0 amide bonds. The Morgan fingerprint density at radius 1 is 1.50 bits per heavy atom. The van der Waals surface area contributed by atoms with Crippen molar-refractivity contribution in [3.8, 4) is 0 Å². The molecule has 12 heavy (non-hydrogen) atoms. The molecule has 1 N–H and O–H groups in total. The third-order valence-electron chi connectivity index (χ3n) is 2.99. The van der Waals surface area contributed by atoms with Crippen molar-refractivity contribution in [3.63, 3.8) is 0 Å². The third-order valence-corrected chi connectivity index (χ3v) is 2.99. The lowest BCUT2D eigenvalue weighted by molar-refractivity contribution is 0.0303. The number of rotatable bonds is 1. The van der Waals surface area contributed by atoms with Crippen LogP contribution in [0.4, 0.5) is 0 Å². The van der Waals surface area contributed by atoms with E-state index in [-0.39, 0.29) is 6.10 Å². The first-order valence-electron chi connectivity index (χ1n) is 4.76. The average Bonchev–Trinajstić information content (AvgIpc) is 1.83. The summed E-state index contributed by atoms with van der Waals surface area (Å²) in [5.74, 6) is 0.345. The van der Waals surface area contributed by atoms with Crippen LogP contribution < -0.4 is 0 Å². The fourth-order valence-electron chi connectivity index (χ4n) is 2.12. The van der Waals surface area contributed by atoms with Crippen LogP contribution in [0.2, 0.25) is 0 Å². The van der Waals surface area contributed by atoms with Crippen molar-refractivity contribution in [3.05, 3.63) is 12.2 Å². The summed E-state index contributed by atoms with van der Waals surface area (Å²) >= 11 is 0. The van der Waals surface area contributed by atoms with Gasteiger partial charge in [0.25, 0.3) is 0 Å². The Kier molecular flexibility index (Phi) is 2.62. The van der Waals surface area contributed by atoms with E-state index in [2.05, 4.69) is 20.4 Å². The highest BCUT2D eigenvalue weighted by atomic mass is 16.3. The zero-order valence-corrected chi connectivity index (χ0v) is 8.43. The van der Waals surface area contributed by atoms with Crippen LogP contribution in [0.5, 0.6) is 0 Å². The molecule has 0 aromatic rings. The highest BCUT2D eigenvalue weighted by Crippen LogP contribution is 2.40. The smallest absolute Gasteiger partial charge is 0.0610 e. The predicted octanol–water partition coefficient (Wildman–Crippen LogP) is 2.75. The average molecular weight is 168 g/mol. The molecule has 1 aliphatic carbocycles. The van der Waals surface area contributed by atoms with Gasteiger partial charge in [-0.15, -0.1) is 0 Å². The Balaban J connectivity index is 2.60. The number of aliphatic hydroxyl groups excluding tert-OH is 1. The van der Waals surface area contributed by atoms with E-state index in [1.54, 1.807) is 0 Å². The van der Waals surface area contributed by atoms with Crippen molar-refractivity contribution in [1.82, 2.24) is 0 Å². The van der Waals surface area contributed by atoms with Gasteiger partial charge in [-0.25, -0.2) is 0 Å². The van der Waals surface area contributed by atoms with E-state index in [9.17, 15) is 5.11 Å². The first kappa shape index (κ1) is 9.79. The first-order valence-corrected chi connectivity index (χ1v) is 4.76. The maximum Gasteiger partial charge on any atom is 0.0610 e. The summed E-state index contributed by atoms with van der Waals surface area (Å²) in [6, 6.07) is 0. The van der Waals surface area contributed by atoms with Crippen LogP contribution in [0, 0.1) is 11.3 Å². The van der Waals surface area contributed by atoms with Gasteiger partial charge >= 0.3 is 0 Å². The molecule has 1 heteroatoms. The summed E-state index contributed by atoms with van der Waals surface area (Å²) in [6.07, 6.45) is 3.07. The van der Waals surface area contributed by atoms with Gasteiger partial charge in [0.2, 0.25) is 0 Å². The number of hydrogen-bond acceptors (Lipinski definition) is 1. The zero-order valence-electron chi connectivity index (χ0n) is 8.43. The molecule has 0 saturated heterocycles. The van der Waals surface area contributed by atoms with E-state index in [1.165, 1.54) is 6.42 Å². The monoisotopic (exact) mass is 168 g/mol. The van der Waals surface area contributed by atoms with Gasteiger partial charge in [-0.05, 0) is 31.6 Å². The van der Waals surface area contributed by atoms with Crippen LogP contribution in [0.3, 0.4) is 0 Å². The first-order chi connectivity index (χ1) is 5.42. The summed E-state index contributed by atoms with van der Waals surface area (Å²) in [7, 11) is 0. The maximum absolute atomic E-state index is 9.81. The highest BCUT2D eigenvalue weighted by Gasteiger charge is 2.33. The van der Waals surface area contributed by atoms with Crippen molar-refractivity contribution in [2.24, 2.45) is 11.3 Å². The van der Waals surface area contributed by atoms with E-state index in [1.807, 2.05) is 6.92 Å². The second-order valence-corrected chi connectivity index (χ2v) is 4.93. The highest BCUT2D eigenvalue weighted by molar-refractivity contribution is 5.03. The molecular weight excluding hydrogens is 148 g/mol. The van der Waals surface area contributed by atoms with E-state index >= 15 is 0 Å². The molecule has 0 unspecified atom stereocenters. The van der Waals surface area contributed by atoms with Gasteiger partial charge in [0.15, 0.2) is 0 Å². The van der Waals surface area contributed by atoms with Crippen LogP contribution >= 0.6 is 0 Å². The second-order valence-electron chi connectivity index (χ2n) is 4.93. The van der Waals surface area contributed by atoms with E-state index in [4.69, 9.17) is 0 Å². The molecule has 0 heterocycles. The molecule has 0 bridgehead atoms. The standard InChI is InChI=1S/C11H20O/c1-8(2)9-5-6-11(3,4)7-10(9)12/h9-10,12H,1,5-7H2,2-4H3/t9-,10+/m0/s1. The Labute approximate surface area is 75.5 Å². The molecule has 1 aliphatic rings. The van der Waals surface area contributed by atoms with E-state index < -0.39 is 0 Å². The van der Waals surface area contributed by atoms with Crippen LogP contribution in [-0.4, -0.2) is 11.2 Å². The minimum atomic E-state index is -0.161. The maximum atomic E-state index is 9.81. The molecule has 2 atom stereocenters. The summed E-state index contributed by atoms with van der Waals surface area (Å²) in [4.78, 5) is 0. The third kappa shape index (κ3) is 2.10. The van der Waals surface area contributed by atoms with Crippen LogP contribution in [0.15, 0.2) is 12.2 Å². The summed E-state index contributed by atoms with van der Waals surface area (Å²) in [5.41, 5.74) is 1.46. The predicted molar refractivity (Wildman–Crippen MR) is 51.9 cm³/mol. The Hall–Kier alpha value is -0.300. The van der Waals surface area contributed by atoms with Crippen LogP contribution in [0.1, 0.15) is 40.0 Å². The SMILES string of the molecule is C=C(C)[C@@H]1CCC(C)(C)C[C@H]1O. The normalized spacial score (nSPS) is 34.7. The minimum absolute atomic E-state index is 0.161. The number of aliphatic hydroxyl groups is 1. The quantitative estimate of drug-likeness (QED) is 0.597. The topological polar surface area (TPSA) is 20.2 Å². The van der Waals surface area contributed by atoms with Gasteiger partial charge in [-0.3, -0.25) is 0 Å².